The Bertz CT molecular complexity index is 608. The summed E-state index contributed by atoms with van der Waals surface area (Å²) in [6.07, 6.45) is 0. The SMILES string of the molecule is Cc1nn(Cc2cccc(C(=O)O)c2)c(C)c1N.Cl. The molecule has 0 aliphatic heterocycles. The molecule has 0 atom stereocenters. The van der Waals surface area contributed by atoms with Crippen LogP contribution in [-0.2, 0) is 6.54 Å². The predicted octanol–water partition coefficient (Wildman–Crippen LogP) is 2.25. The highest BCUT2D eigenvalue weighted by Gasteiger charge is 2.09. The molecule has 19 heavy (non-hydrogen) atoms. The largest absolute Gasteiger partial charge is 0.478 e. The number of benzene rings is 1. The molecule has 2 aromatic rings. The van der Waals surface area contributed by atoms with Crippen LogP contribution in [0.1, 0.15) is 27.3 Å². The summed E-state index contributed by atoms with van der Waals surface area (Å²) < 4.78 is 1.78. The fraction of sp³-hybridized carbons (Fsp3) is 0.231. The van der Waals surface area contributed by atoms with Crippen LogP contribution < -0.4 is 5.73 Å². The van der Waals surface area contributed by atoms with E-state index >= 15 is 0 Å². The van der Waals surface area contributed by atoms with Gasteiger partial charge >= 0.3 is 5.97 Å². The Morgan fingerprint density at radius 3 is 2.63 bits per heavy atom. The summed E-state index contributed by atoms with van der Waals surface area (Å²) in [7, 11) is 0. The van der Waals surface area contributed by atoms with Crippen LogP contribution in [-0.4, -0.2) is 20.9 Å². The number of halogens is 1. The second-order valence-electron chi connectivity index (χ2n) is 4.25. The van der Waals surface area contributed by atoms with Crippen LogP contribution in [0.15, 0.2) is 24.3 Å². The number of aromatic nitrogens is 2. The van der Waals surface area contributed by atoms with E-state index in [1.54, 1.807) is 22.9 Å². The van der Waals surface area contributed by atoms with Gasteiger partial charge in [0, 0.05) is 0 Å². The van der Waals surface area contributed by atoms with Crippen molar-refractivity contribution < 1.29 is 9.90 Å². The summed E-state index contributed by atoms with van der Waals surface area (Å²) >= 11 is 0. The van der Waals surface area contributed by atoms with Gasteiger partial charge in [-0.3, -0.25) is 4.68 Å². The second-order valence-corrected chi connectivity index (χ2v) is 4.25. The van der Waals surface area contributed by atoms with Crippen LogP contribution in [0.2, 0.25) is 0 Å². The molecule has 0 aliphatic carbocycles. The Morgan fingerprint density at radius 1 is 1.42 bits per heavy atom. The summed E-state index contributed by atoms with van der Waals surface area (Å²) in [5, 5.41) is 13.3. The van der Waals surface area contributed by atoms with Crippen LogP contribution in [0.25, 0.3) is 0 Å². The zero-order valence-corrected chi connectivity index (χ0v) is 11.6. The number of anilines is 1. The number of aromatic carboxylic acids is 1. The fourth-order valence-corrected chi connectivity index (χ4v) is 1.84. The van der Waals surface area contributed by atoms with Crippen molar-refractivity contribution >= 4 is 24.1 Å². The van der Waals surface area contributed by atoms with Gasteiger partial charge in [0.25, 0.3) is 0 Å². The van der Waals surface area contributed by atoms with Crippen LogP contribution in [0, 0.1) is 13.8 Å². The van der Waals surface area contributed by atoms with E-state index in [9.17, 15) is 4.79 Å². The summed E-state index contributed by atoms with van der Waals surface area (Å²) in [5.41, 5.74) is 9.40. The number of carboxylic acids is 1. The van der Waals surface area contributed by atoms with Gasteiger partial charge in [0.2, 0.25) is 0 Å². The van der Waals surface area contributed by atoms with Gasteiger partial charge in [0.1, 0.15) is 0 Å². The van der Waals surface area contributed by atoms with Crippen molar-refractivity contribution in [3.63, 3.8) is 0 Å². The molecule has 2 rings (SSSR count). The second kappa shape index (κ2) is 5.75. The number of rotatable bonds is 3. The molecule has 1 aromatic carbocycles. The number of nitrogens with two attached hydrogens (primary N) is 1. The molecule has 102 valence electrons. The lowest BCUT2D eigenvalue weighted by Crippen LogP contribution is -2.05. The molecule has 0 spiro atoms. The first-order valence-corrected chi connectivity index (χ1v) is 5.60. The van der Waals surface area contributed by atoms with Gasteiger partial charge in [-0.2, -0.15) is 5.10 Å². The number of carbonyl (C=O) groups is 1. The summed E-state index contributed by atoms with van der Waals surface area (Å²) in [6.45, 7) is 4.27. The average Bonchev–Trinajstić information content (AvgIpc) is 2.57. The molecule has 0 amide bonds. The Labute approximate surface area is 117 Å². The van der Waals surface area contributed by atoms with Crippen molar-refractivity contribution in [2.75, 3.05) is 5.73 Å². The van der Waals surface area contributed by atoms with E-state index < -0.39 is 5.97 Å². The third kappa shape index (κ3) is 3.06. The predicted molar refractivity (Wildman–Crippen MR) is 75.9 cm³/mol. The standard InChI is InChI=1S/C13H15N3O2.ClH/c1-8-12(14)9(2)16(15-8)7-10-4-3-5-11(6-10)13(17)18;/h3-6H,7,14H2,1-2H3,(H,17,18);1H. The fourth-order valence-electron chi connectivity index (χ4n) is 1.84. The van der Waals surface area contributed by atoms with Crippen LogP contribution in [0.3, 0.4) is 0 Å². The number of nitrogens with zero attached hydrogens (tertiary/aromatic N) is 2. The van der Waals surface area contributed by atoms with Crippen LogP contribution in [0.5, 0.6) is 0 Å². The normalized spacial score (nSPS) is 10.0. The van der Waals surface area contributed by atoms with E-state index in [4.69, 9.17) is 10.8 Å². The van der Waals surface area contributed by atoms with Crippen LogP contribution >= 0.6 is 12.4 Å². The molecule has 5 nitrogen and oxygen atoms in total. The quantitative estimate of drug-likeness (QED) is 0.904. The van der Waals surface area contributed by atoms with Gasteiger partial charge in [-0.05, 0) is 31.5 Å². The van der Waals surface area contributed by atoms with Crippen molar-refractivity contribution in [3.8, 4) is 0 Å². The maximum Gasteiger partial charge on any atom is 0.335 e. The van der Waals surface area contributed by atoms with Gasteiger partial charge in [-0.25, -0.2) is 4.79 Å². The molecular weight excluding hydrogens is 266 g/mol. The molecule has 0 radical (unpaired) electrons. The lowest BCUT2D eigenvalue weighted by atomic mass is 10.1. The van der Waals surface area contributed by atoms with Gasteiger partial charge < -0.3 is 10.8 Å². The first-order valence-electron chi connectivity index (χ1n) is 5.60. The molecule has 0 aliphatic rings. The monoisotopic (exact) mass is 281 g/mol. The van der Waals surface area contributed by atoms with Gasteiger partial charge in [0.05, 0.1) is 29.2 Å². The van der Waals surface area contributed by atoms with Crippen molar-refractivity contribution in [3.05, 3.63) is 46.8 Å². The highest BCUT2D eigenvalue weighted by Crippen LogP contribution is 2.16. The Kier molecular flexibility index (Phi) is 4.56. The van der Waals surface area contributed by atoms with E-state index in [0.29, 0.717) is 12.2 Å². The summed E-state index contributed by atoms with van der Waals surface area (Å²) in [6, 6.07) is 6.82. The Morgan fingerprint density at radius 2 is 2.11 bits per heavy atom. The van der Waals surface area contributed by atoms with E-state index in [-0.39, 0.29) is 18.0 Å². The number of hydrogen-bond donors (Lipinski definition) is 2. The molecule has 1 heterocycles. The minimum Gasteiger partial charge on any atom is -0.478 e. The van der Waals surface area contributed by atoms with Gasteiger partial charge in [0.15, 0.2) is 0 Å². The van der Waals surface area contributed by atoms with E-state index in [1.165, 1.54) is 0 Å². The third-order valence-electron chi connectivity index (χ3n) is 2.94. The van der Waals surface area contributed by atoms with Gasteiger partial charge in [-0.15, -0.1) is 12.4 Å². The highest BCUT2D eigenvalue weighted by atomic mass is 35.5. The molecule has 0 saturated heterocycles. The maximum absolute atomic E-state index is 10.9. The maximum atomic E-state index is 10.9. The van der Waals surface area contributed by atoms with Crippen molar-refractivity contribution in [2.24, 2.45) is 0 Å². The lowest BCUT2D eigenvalue weighted by Gasteiger charge is -2.05. The zero-order chi connectivity index (χ0) is 13.3. The first kappa shape index (κ1) is 15.0. The average molecular weight is 282 g/mol. The summed E-state index contributed by atoms with van der Waals surface area (Å²) in [5.74, 6) is -0.926. The lowest BCUT2D eigenvalue weighted by molar-refractivity contribution is 0.0696. The van der Waals surface area contributed by atoms with Crippen molar-refractivity contribution in [1.29, 1.82) is 0 Å². The molecule has 0 fully saturated rings. The third-order valence-corrected chi connectivity index (χ3v) is 2.94. The number of carboxylic acid groups (broad SMARTS) is 1. The topological polar surface area (TPSA) is 81.1 Å². The van der Waals surface area contributed by atoms with E-state index in [0.717, 1.165) is 17.0 Å². The number of aryl methyl sites for hydroxylation is 1. The highest BCUT2D eigenvalue weighted by molar-refractivity contribution is 5.87. The minimum atomic E-state index is -0.926. The first-order chi connectivity index (χ1) is 8.49. The minimum absolute atomic E-state index is 0. The van der Waals surface area contributed by atoms with Gasteiger partial charge in [-0.1, -0.05) is 12.1 Å². The molecule has 3 N–H and O–H groups in total. The van der Waals surface area contributed by atoms with E-state index in [1.807, 2.05) is 19.9 Å². The van der Waals surface area contributed by atoms with E-state index in [2.05, 4.69) is 5.10 Å². The summed E-state index contributed by atoms with van der Waals surface area (Å²) in [4.78, 5) is 10.9. The smallest absolute Gasteiger partial charge is 0.335 e. The Hall–Kier alpha value is -2.01. The molecule has 0 bridgehead atoms. The molecule has 0 saturated carbocycles. The zero-order valence-electron chi connectivity index (χ0n) is 10.8. The van der Waals surface area contributed by atoms with Crippen molar-refractivity contribution in [2.45, 2.75) is 20.4 Å². The number of nitrogen functional groups attached to an aromatic ring is 1. The van der Waals surface area contributed by atoms with Crippen LogP contribution in [0.4, 0.5) is 5.69 Å². The number of hydrogen-bond acceptors (Lipinski definition) is 3. The molecule has 0 unspecified atom stereocenters. The Balaban J connectivity index is 0.00000180. The van der Waals surface area contributed by atoms with Crippen molar-refractivity contribution in [1.82, 2.24) is 9.78 Å². The molecule has 1 aromatic heterocycles. The molecular formula is C13H16ClN3O2. The molecule has 6 heteroatoms.